The van der Waals surface area contributed by atoms with Gasteiger partial charge in [-0.15, -0.1) is 0 Å². The molecule has 1 aliphatic rings. The first-order valence-electron chi connectivity index (χ1n) is 5.27. The van der Waals surface area contributed by atoms with Gasteiger partial charge in [0, 0.05) is 0 Å². The van der Waals surface area contributed by atoms with Crippen molar-refractivity contribution in [3.8, 4) is 0 Å². The molecule has 0 bridgehead atoms. The molecule has 6 heteroatoms. The van der Waals surface area contributed by atoms with Crippen LogP contribution in [0, 0.1) is 6.92 Å². The minimum atomic E-state index is 0.336. The van der Waals surface area contributed by atoms with Crippen molar-refractivity contribution < 1.29 is 0 Å². The Bertz CT molecular complexity index is 473. The third-order valence-corrected chi connectivity index (χ3v) is 4.93. The molecule has 1 heterocycles. The third kappa shape index (κ3) is 3.04. The van der Waals surface area contributed by atoms with E-state index in [-0.39, 0.29) is 0 Å². The summed E-state index contributed by atoms with van der Waals surface area (Å²) < 4.78 is 1.42. The summed E-state index contributed by atoms with van der Waals surface area (Å²) in [5, 5.41) is 5.85. The van der Waals surface area contributed by atoms with E-state index in [4.69, 9.17) is 18.1 Å². The molecule has 17 heavy (non-hydrogen) atoms. The normalized spacial score (nSPS) is 16.5. The molecule has 0 aliphatic carbocycles. The van der Waals surface area contributed by atoms with E-state index in [0.717, 1.165) is 12.1 Å². The first-order valence-corrected chi connectivity index (χ1v) is 7.75. The van der Waals surface area contributed by atoms with E-state index in [2.05, 4.69) is 41.1 Å². The third-order valence-electron chi connectivity index (χ3n) is 2.47. The van der Waals surface area contributed by atoms with Gasteiger partial charge in [-0.1, -0.05) is 0 Å². The summed E-state index contributed by atoms with van der Waals surface area (Å²) in [5.41, 5.74) is 8.69. The quantitative estimate of drug-likeness (QED) is 0.300. The SMILES string of the molecule is Cc1ccc2c(c1)/C(=N/NC(=S)NN)CC[Se]2. The van der Waals surface area contributed by atoms with Crippen molar-refractivity contribution in [2.45, 2.75) is 18.7 Å². The molecule has 0 unspecified atom stereocenters. The molecule has 2 rings (SSSR count). The molecule has 0 fully saturated rings. The molecule has 0 radical (unpaired) electrons. The summed E-state index contributed by atoms with van der Waals surface area (Å²) in [4.78, 5) is 0. The van der Waals surface area contributed by atoms with Gasteiger partial charge in [0.25, 0.3) is 0 Å². The van der Waals surface area contributed by atoms with Crippen LogP contribution in [0.15, 0.2) is 23.3 Å². The van der Waals surface area contributed by atoms with Crippen molar-refractivity contribution in [1.82, 2.24) is 10.9 Å². The number of hydrogen-bond donors (Lipinski definition) is 3. The van der Waals surface area contributed by atoms with Gasteiger partial charge in [0.05, 0.1) is 0 Å². The molecule has 90 valence electrons. The number of nitrogens with one attached hydrogen (secondary N) is 2. The maximum absolute atomic E-state index is 5.19. The molecule has 0 atom stereocenters. The van der Waals surface area contributed by atoms with E-state index in [0.29, 0.717) is 20.1 Å². The molecule has 0 aromatic heterocycles. The van der Waals surface area contributed by atoms with Crippen molar-refractivity contribution in [3.63, 3.8) is 0 Å². The molecule has 0 saturated heterocycles. The first-order chi connectivity index (χ1) is 8.20. The number of hydrogen-bond acceptors (Lipinski definition) is 3. The molecule has 0 amide bonds. The molecule has 1 aromatic carbocycles. The fourth-order valence-electron chi connectivity index (χ4n) is 1.65. The van der Waals surface area contributed by atoms with Gasteiger partial charge < -0.3 is 0 Å². The second-order valence-electron chi connectivity index (χ2n) is 3.74. The zero-order valence-electron chi connectivity index (χ0n) is 9.49. The van der Waals surface area contributed by atoms with E-state index in [9.17, 15) is 0 Å². The van der Waals surface area contributed by atoms with Crippen LogP contribution in [0.4, 0.5) is 0 Å². The van der Waals surface area contributed by atoms with Crippen LogP contribution in [0.3, 0.4) is 0 Å². The fraction of sp³-hybridized carbons (Fsp3) is 0.273. The number of nitrogens with two attached hydrogens (primary N) is 1. The van der Waals surface area contributed by atoms with E-state index >= 15 is 0 Å². The molecular weight excluding hydrogens is 299 g/mol. The van der Waals surface area contributed by atoms with Gasteiger partial charge in [-0.3, -0.25) is 0 Å². The van der Waals surface area contributed by atoms with Crippen molar-refractivity contribution in [3.05, 3.63) is 29.3 Å². The van der Waals surface area contributed by atoms with Gasteiger partial charge in [-0.2, -0.15) is 0 Å². The van der Waals surface area contributed by atoms with Crippen LogP contribution in [0.5, 0.6) is 0 Å². The number of hydrazine groups is 1. The van der Waals surface area contributed by atoms with Crippen LogP contribution in [0.1, 0.15) is 17.5 Å². The van der Waals surface area contributed by atoms with Gasteiger partial charge >= 0.3 is 112 Å². The Hall–Kier alpha value is -0.941. The summed E-state index contributed by atoms with van der Waals surface area (Å²) in [5.74, 6) is 5.19. The summed E-state index contributed by atoms with van der Waals surface area (Å²) in [6, 6.07) is 6.55. The second kappa shape index (κ2) is 5.60. The zero-order valence-corrected chi connectivity index (χ0v) is 12.0. The molecule has 1 aliphatic heterocycles. The number of benzene rings is 1. The van der Waals surface area contributed by atoms with E-state index in [1.165, 1.54) is 20.9 Å². The Labute approximate surface area is 112 Å². The fourth-order valence-corrected chi connectivity index (χ4v) is 3.82. The van der Waals surface area contributed by atoms with Gasteiger partial charge in [0.2, 0.25) is 0 Å². The number of hydrazone groups is 1. The molecule has 4 N–H and O–H groups in total. The first kappa shape index (κ1) is 12.5. The topological polar surface area (TPSA) is 62.4 Å². The molecule has 1 aromatic rings. The van der Waals surface area contributed by atoms with Crippen molar-refractivity contribution in [2.24, 2.45) is 10.9 Å². The Morgan fingerprint density at radius 2 is 2.35 bits per heavy atom. The van der Waals surface area contributed by atoms with E-state index < -0.39 is 0 Å². The summed E-state index contributed by atoms with van der Waals surface area (Å²) in [7, 11) is 0. The van der Waals surface area contributed by atoms with Crippen molar-refractivity contribution in [1.29, 1.82) is 0 Å². The van der Waals surface area contributed by atoms with Crippen molar-refractivity contribution in [2.75, 3.05) is 0 Å². The maximum atomic E-state index is 5.19. The van der Waals surface area contributed by atoms with Gasteiger partial charge in [0.1, 0.15) is 0 Å². The van der Waals surface area contributed by atoms with Crippen LogP contribution < -0.4 is 21.2 Å². The van der Waals surface area contributed by atoms with Crippen LogP contribution in [-0.2, 0) is 0 Å². The Kier molecular flexibility index (Phi) is 4.12. The standard InChI is InChI=1S/C11H14N4SSe/c1-7-2-3-10-8(6-7)9(4-5-17-10)14-15-11(16)13-12/h2-3,6H,4-5,12H2,1H3,(H2,13,15,16)/b14-9+. The Morgan fingerprint density at radius 1 is 1.53 bits per heavy atom. The van der Waals surface area contributed by atoms with Gasteiger partial charge in [0.15, 0.2) is 0 Å². The van der Waals surface area contributed by atoms with Crippen LogP contribution in [0.25, 0.3) is 0 Å². The van der Waals surface area contributed by atoms with Gasteiger partial charge in [-0.25, -0.2) is 0 Å². The average Bonchev–Trinajstić information content (AvgIpc) is 2.35. The van der Waals surface area contributed by atoms with E-state index in [1.54, 1.807) is 0 Å². The summed E-state index contributed by atoms with van der Waals surface area (Å²) in [6.45, 7) is 2.10. The predicted octanol–water partition coefficient (Wildman–Crippen LogP) is 0.188. The second-order valence-corrected chi connectivity index (χ2v) is 6.54. The van der Waals surface area contributed by atoms with Gasteiger partial charge in [-0.05, 0) is 0 Å². The molecule has 4 nitrogen and oxygen atoms in total. The monoisotopic (exact) mass is 314 g/mol. The molecule has 0 saturated carbocycles. The minimum absolute atomic E-state index is 0.336. The number of rotatable bonds is 1. The summed E-state index contributed by atoms with van der Waals surface area (Å²) >= 11 is 5.46. The Morgan fingerprint density at radius 3 is 3.12 bits per heavy atom. The van der Waals surface area contributed by atoms with Crippen LogP contribution in [-0.4, -0.2) is 25.8 Å². The number of fused-ring (bicyclic) bond motifs is 1. The average molecular weight is 313 g/mol. The van der Waals surface area contributed by atoms with Crippen LogP contribution >= 0.6 is 12.2 Å². The Balaban J connectivity index is 2.27. The number of aryl methyl sites for hydroxylation is 1. The number of nitrogens with zero attached hydrogens (tertiary/aromatic N) is 1. The zero-order chi connectivity index (χ0) is 12.3. The van der Waals surface area contributed by atoms with Crippen molar-refractivity contribution >= 4 is 42.5 Å². The predicted molar refractivity (Wildman–Crippen MR) is 75.6 cm³/mol. The van der Waals surface area contributed by atoms with Crippen LogP contribution in [0.2, 0.25) is 5.32 Å². The molecular formula is C11H14N4SSe. The number of thiocarbonyl (C=S) groups is 1. The van der Waals surface area contributed by atoms with E-state index in [1.807, 2.05) is 0 Å². The summed E-state index contributed by atoms with van der Waals surface area (Å²) in [6.07, 6.45) is 0.997. The molecule has 0 spiro atoms.